The van der Waals surface area contributed by atoms with Gasteiger partial charge in [-0.05, 0) is 12.1 Å². The Labute approximate surface area is 93.6 Å². The third kappa shape index (κ3) is 3.01. The summed E-state index contributed by atoms with van der Waals surface area (Å²) in [7, 11) is 2.83. The zero-order chi connectivity index (χ0) is 11.3. The molecule has 0 aliphatic rings. The van der Waals surface area contributed by atoms with Crippen molar-refractivity contribution in [2.24, 2.45) is 0 Å². The molecule has 0 heterocycles. The lowest BCUT2D eigenvalue weighted by Gasteiger charge is -2.18. The summed E-state index contributed by atoms with van der Waals surface area (Å²) in [6, 6.07) is 8.79. The Morgan fingerprint density at radius 1 is 1.27 bits per heavy atom. The monoisotopic (exact) mass is 243 g/mol. The minimum absolute atomic E-state index is 0.382. The maximum Gasteiger partial charge on any atom is 0.380 e. The van der Waals surface area contributed by atoms with Crippen LogP contribution in [0.3, 0.4) is 0 Å². The summed E-state index contributed by atoms with van der Waals surface area (Å²) in [5, 5.41) is 8.83. The second kappa shape index (κ2) is 5.24. The van der Waals surface area contributed by atoms with E-state index in [0.29, 0.717) is 11.3 Å². The number of benzene rings is 1. The molecule has 0 unspecified atom stereocenters. The first kappa shape index (κ1) is 12.2. The predicted molar refractivity (Wildman–Crippen MR) is 60.1 cm³/mol. The number of para-hydroxylation sites is 1. The Hall–Kier alpha value is -0.920. The van der Waals surface area contributed by atoms with E-state index < -0.39 is 6.72 Å². The van der Waals surface area contributed by atoms with E-state index in [4.69, 9.17) is 30.6 Å². The molecule has 0 aromatic heterocycles. The van der Waals surface area contributed by atoms with Crippen molar-refractivity contribution in [3.05, 3.63) is 29.8 Å². The summed E-state index contributed by atoms with van der Waals surface area (Å²) in [5.41, 5.74) is 0.404. The van der Waals surface area contributed by atoms with E-state index in [1.807, 2.05) is 6.07 Å². The van der Waals surface area contributed by atoms with E-state index in [1.165, 1.54) is 14.2 Å². The molecule has 0 saturated heterocycles. The van der Waals surface area contributed by atoms with Gasteiger partial charge in [-0.1, -0.05) is 12.1 Å². The van der Waals surface area contributed by atoms with Gasteiger partial charge in [-0.3, -0.25) is 0 Å². The van der Waals surface area contributed by atoms with Gasteiger partial charge in [0.05, 0.1) is 5.56 Å². The third-order valence-electron chi connectivity index (χ3n) is 1.66. The molecule has 0 radical (unpaired) electrons. The molecule has 0 fully saturated rings. The molecule has 6 heteroatoms. The van der Waals surface area contributed by atoms with E-state index >= 15 is 0 Å². The van der Waals surface area contributed by atoms with Gasteiger partial charge in [0.15, 0.2) is 0 Å². The summed E-state index contributed by atoms with van der Waals surface area (Å²) >= 11 is 5.03. The second-order valence-corrected chi connectivity index (χ2v) is 5.66. The van der Waals surface area contributed by atoms with E-state index in [0.717, 1.165) is 0 Å². The maximum atomic E-state index is 8.83. The van der Waals surface area contributed by atoms with Crippen LogP contribution in [0.5, 0.6) is 5.75 Å². The van der Waals surface area contributed by atoms with E-state index in [9.17, 15) is 0 Å². The van der Waals surface area contributed by atoms with Gasteiger partial charge in [0.1, 0.15) is 11.8 Å². The van der Waals surface area contributed by atoms with Gasteiger partial charge in [0.25, 0.3) is 0 Å². The van der Waals surface area contributed by atoms with Crippen molar-refractivity contribution in [1.29, 1.82) is 5.26 Å². The molecule has 80 valence electrons. The van der Waals surface area contributed by atoms with E-state index in [1.54, 1.807) is 24.3 Å². The third-order valence-corrected chi connectivity index (χ3v) is 4.10. The lowest BCUT2D eigenvalue weighted by molar-refractivity contribution is 0.273. The summed E-state index contributed by atoms with van der Waals surface area (Å²) in [4.78, 5) is 0. The average Bonchev–Trinajstić information content (AvgIpc) is 2.29. The lowest BCUT2D eigenvalue weighted by atomic mass is 10.2. The number of nitriles is 1. The van der Waals surface area contributed by atoms with Crippen molar-refractivity contribution < 1.29 is 13.6 Å². The SMILES string of the molecule is COP(=S)(OC)Oc1ccccc1C#N. The molecule has 1 rings (SSSR count). The van der Waals surface area contributed by atoms with Crippen LogP contribution in [0, 0.1) is 11.3 Å². The molecule has 0 saturated carbocycles. The summed E-state index contributed by atoms with van der Waals surface area (Å²) < 4.78 is 15.3. The molecule has 1 aromatic carbocycles. The van der Waals surface area contributed by atoms with Crippen molar-refractivity contribution in [1.82, 2.24) is 0 Å². The minimum Gasteiger partial charge on any atom is -0.423 e. The zero-order valence-electron chi connectivity index (χ0n) is 8.34. The van der Waals surface area contributed by atoms with Gasteiger partial charge >= 0.3 is 6.72 Å². The standard InChI is InChI=1S/C9H10NO3PS/c1-11-14(15,12-2)13-9-6-4-3-5-8(9)7-10/h3-6H,1-2H3. The minimum atomic E-state index is -2.76. The van der Waals surface area contributed by atoms with E-state index in [-0.39, 0.29) is 0 Å². The number of rotatable bonds is 4. The topological polar surface area (TPSA) is 51.5 Å². The fourth-order valence-corrected chi connectivity index (χ4v) is 1.85. The summed E-state index contributed by atoms with van der Waals surface area (Å²) in [6.07, 6.45) is 0. The van der Waals surface area contributed by atoms with Crippen molar-refractivity contribution in [2.75, 3.05) is 14.2 Å². The van der Waals surface area contributed by atoms with Crippen LogP contribution in [-0.4, -0.2) is 14.2 Å². The van der Waals surface area contributed by atoms with Crippen LogP contribution in [0.4, 0.5) is 0 Å². The van der Waals surface area contributed by atoms with Crippen LogP contribution in [0.25, 0.3) is 0 Å². The predicted octanol–water partition coefficient (Wildman–Crippen LogP) is 2.45. The first-order valence-corrected chi connectivity index (χ1v) is 6.61. The van der Waals surface area contributed by atoms with E-state index in [2.05, 4.69) is 0 Å². The highest BCUT2D eigenvalue weighted by atomic mass is 32.5. The van der Waals surface area contributed by atoms with Crippen molar-refractivity contribution >= 4 is 18.5 Å². The summed E-state index contributed by atoms with van der Waals surface area (Å²) in [5.74, 6) is 0.382. The molecule has 1 aromatic rings. The number of hydrogen-bond donors (Lipinski definition) is 0. The highest BCUT2D eigenvalue weighted by molar-refractivity contribution is 8.07. The molecular formula is C9H10NO3PS. The first-order chi connectivity index (χ1) is 7.15. The molecule has 0 aliphatic heterocycles. The fraction of sp³-hybridized carbons (Fsp3) is 0.222. The van der Waals surface area contributed by atoms with Gasteiger partial charge < -0.3 is 13.6 Å². The number of nitrogens with zero attached hydrogens (tertiary/aromatic N) is 1. The molecular weight excluding hydrogens is 233 g/mol. The number of hydrogen-bond acceptors (Lipinski definition) is 5. The zero-order valence-corrected chi connectivity index (χ0v) is 10.0. The quantitative estimate of drug-likeness (QED) is 0.760. The van der Waals surface area contributed by atoms with Gasteiger partial charge in [0, 0.05) is 26.0 Å². The van der Waals surface area contributed by atoms with Crippen molar-refractivity contribution in [3.8, 4) is 11.8 Å². The molecule has 0 amide bonds. The molecule has 15 heavy (non-hydrogen) atoms. The fourth-order valence-electron chi connectivity index (χ4n) is 0.908. The lowest BCUT2D eigenvalue weighted by Crippen LogP contribution is -1.98. The van der Waals surface area contributed by atoms with Crippen LogP contribution in [-0.2, 0) is 20.9 Å². The van der Waals surface area contributed by atoms with Crippen molar-refractivity contribution in [2.45, 2.75) is 0 Å². The largest absolute Gasteiger partial charge is 0.423 e. The first-order valence-electron chi connectivity index (χ1n) is 4.05. The van der Waals surface area contributed by atoms with Gasteiger partial charge in [-0.15, -0.1) is 0 Å². The maximum absolute atomic E-state index is 8.83. The Kier molecular flexibility index (Phi) is 4.25. The molecule has 4 nitrogen and oxygen atoms in total. The Morgan fingerprint density at radius 2 is 1.87 bits per heavy atom. The van der Waals surface area contributed by atoms with Gasteiger partial charge in [-0.25, -0.2) is 0 Å². The smallest absolute Gasteiger partial charge is 0.380 e. The summed E-state index contributed by atoms with van der Waals surface area (Å²) in [6.45, 7) is -2.76. The molecule has 0 bridgehead atoms. The van der Waals surface area contributed by atoms with Crippen LogP contribution < -0.4 is 4.52 Å². The Bertz CT molecular complexity index is 422. The van der Waals surface area contributed by atoms with Crippen molar-refractivity contribution in [3.63, 3.8) is 0 Å². The molecule has 0 spiro atoms. The second-order valence-electron chi connectivity index (χ2n) is 2.51. The van der Waals surface area contributed by atoms with Crippen LogP contribution in [0.15, 0.2) is 24.3 Å². The normalized spacial score (nSPS) is 10.7. The Balaban J connectivity index is 2.99. The van der Waals surface area contributed by atoms with Gasteiger partial charge in [0.2, 0.25) is 0 Å². The molecule has 0 atom stereocenters. The van der Waals surface area contributed by atoms with Gasteiger partial charge in [-0.2, -0.15) is 5.26 Å². The highest BCUT2D eigenvalue weighted by Crippen LogP contribution is 2.48. The molecule has 0 N–H and O–H groups in total. The average molecular weight is 243 g/mol. The highest BCUT2D eigenvalue weighted by Gasteiger charge is 2.19. The van der Waals surface area contributed by atoms with Crippen LogP contribution in [0.2, 0.25) is 0 Å². The molecule has 0 aliphatic carbocycles. The Morgan fingerprint density at radius 3 is 2.40 bits per heavy atom. The van der Waals surface area contributed by atoms with Crippen LogP contribution >= 0.6 is 6.72 Å². The van der Waals surface area contributed by atoms with Crippen LogP contribution in [0.1, 0.15) is 5.56 Å².